The van der Waals surface area contributed by atoms with Crippen LogP contribution in [0.25, 0.3) is 0 Å². The molecule has 1 aromatic rings. The predicted octanol–water partition coefficient (Wildman–Crippen LogP) is 3.11. The third kappa shape index (κ3) is 5.30. The van der Waals surface area contributed by atoms with E-state index in [4.69, 9.17) is 11.6 Å². The van der Waals surface area contributed by atoms with Crippen molar-refractivity contribution in [2.24, 2.45) is 0 Å². The summed E-state index contributed by atoms with van der Waals surface area (Å²) in [5.41, 5.74) is 0.429. The third-order valence-corrected chi connectivity index (χ3v) is 2.94. The second-order valence-corrected chi connectivity index (χ2v) is 4.87. The van der Waals surface area contributed by atoms with Crippen molar-refractivity contribution >= 4 is 23.5 Å². The van der Waals surface area contributed by atoms with Crippen LogP contribution in [0.1, 0.15) is 31.9 Å². The van der Waals surface area contributed by atoms with Crippen LogP contribution in [-0.2, 0) is 14.3 Å². The molecule has 1 aromatic carbocycles. The average molecular weight is 320 g/mol. The van der Waals surface area contributed by atoms with E-state index in [2.05, 4.69) is 10.1 Å². The van der Waals surface area contributed by atoms with E-state index in [0.29, 0.717) is 10.6 Å². The number of amides is 1. The zero-order chi connectivity index (χ0) is 16.0. The average Bonchev–Trinajstić information content (AvgIpc) is 2.38. The van der Waals surface area contributed by atoms with Crippen molar-refractivity contribution in [3.05, 3.63) is 34.9 Å². The minimum absolute atomic E-state index is 0.139. The van der Waals surface area contributed by atoms with E-state index < -0.39 is 30.3 Å². The minimum atomic E-state index is -3.69. The van der Waals surface area contributed by atoms with Gasteiger partial charge >= 0.3 is 11.9 Å². The zero-order valence-electron chi connectivity index (χ0n) is 11.7. The van der Waals surface area contributed by atoms with Crippen LogP contribution in [0.5, 0.6) is 0 Å². The number of halogens is 3. The first-order valence-corrected chi connectivity index (χ1v) is 6.71. The lowest BCUT2D eigenvalue weighted by molar-refractivity contribution is -0.173. The van der Waals surface area contributed by atoms with Crippen molar-refractivity contribution in [1.82, 2.24) is 5.32 Å². The Labute approximate surface area is 126 Å². The number of ether oxygens (including phenoxy) is 1. The van der Waals surface area contributed by atoms with Crippen LogP contribution in [0.2, 0.25) is 5.02 Å². The van der Waals surface area contributed by atoms with E-state index in [0.717, 1.165) is 0 Å². The Kier molecular flexibility index (Phi) is 6.08. The van der Waals surface area contributed by atoms with Gasteiger partial charge in [-0.05, 0) is 24.6 Å². The molecule has 1 amide bonds. The summed E-state index contributed by atoms with van der Waals surface area (Å²) in [5.74, 6) is -5.77. The highest BCUT2D eigenvalue weighted by Gasteiger charge is 2.43. The van der Waals surface area contributed by atoms with Crippen LogP contribution in [-0.4, -0.2) is 24.4 Å². The number of hydrogen-bond donors (Lipinski definition) is 1. The quantitative estimate of drug-likeness (QED) is 0.820. The summed E-state index contributed by atoms with van der Waals surface area (Å²) in [5, 5.41) is 2.84. The van der Waals surface area contributed by atoms with Gasteiger partial charge in [-0.15, -0.1) is 0 Å². The number of carbonyl (C=O) groups is 2. The van der Waals surface area contributed by atoms with Crippen LogP contribution < -0.4 is 5.32 Å². The maximum absolute atomic E-state index is 13.8. The molecule has 0 aromatic heterocycles. The molecule has 0 radical (unpaired) electrons. The topological polar surface area (TPSA) is 55.4 Å². The Morgan fingerprint density at radius 1 is 1.33 bits per heavy atom. The van der Waals surface area contributed by atoms with Gasteiger partial charge in [0.25, 0.3) is 0 Å². The van der Waals surface area contributed by atoms with Gasteiger partial charge in [0.1, 0.15) is 0 Å². The van der Waals surface area contributed by atoms with E-state index in [-0.39, 0.29) is 6.61 Å². The molecule has 0 saturated heterocycles. The maximum atomic E-state index is 13.8. The van der Waals surface area contributed by atoms with Crippen molar-refractivity contribution in [2.75, 3.05) is 6.61 Å². The standard InChI is InChI=1S/C14H16ClF2NO3/c1-3-21-13(20)14(16,17)8-12(18-9(2)19)10-4-6-11(15)7-5-10/h4-7,12H,3,8H2,1-2H3,(H,18,19)/t12-/m1/s1. The molecular weight excluding hydrogens is 304 g/mol. The molecule has 1 rings (SSSR count). The first-order valence-electron chi connectivity index (χ1n) is 6.34. The molecular formula is C14H16ClF2NO3. The minimum Gasteiger partial charge on any atom is -0.462 e. The number of carbonyl (C=O) groups excluding carboxylic acids is 2. The Balaban J connectivity index is 2.95. The van der Waals surface area contributed by atoms with Crippen LogP contribution in [0.4, 0.5) is 8.78 Å². The highest BCUT2D eigenvalue weighted by atomic mass is 35.5. The lowest BCUT2D eigenvalue weighted by atomic mass is 10.00. The van der Waals surface area contributed by atoms with Gasteiger partial charge in [-0.1, -0.05) is 23.7 Å². The number of benzene rings is 1. The Morgan fingerprint density at radius 2 is 1.90 bits per heavy atom. The lowest BCUT2D eigenvalue weighted by Gasteiger charge is -2.23. The van der Waals surface area contributed by atoms with E-state index in [9.17, 15) is 18.4 Å². The van der Waals surface area contributed by atoms with Gasteiger partial charge in [0, 0.05) is 18.4 Å². The Hall–Kier alpha value is -1.69. The number of esters is 1. The molecule has 0 unspecified atom stereocenters. The SMILES string of the molecule is CCOC(=O)C(F)(F)C[C@@H](NC(C)=O)c1ccc(Cl)cc1. The molecule has 0 aliphatic heterocycles. The van der Waals surface area contributed by atoms with Gasteiger partial charge in [0.2, 0.25) is 5.91 Å². The lowest BCUT2D eigenvalue weighted by Crippen LogP contribution is -2.37. The summed E-state index contributed by atoms with van der Waals surface area (Å²) >= 11 is 5.74. The fourth-order valence-corrected chi connectivity index (χ4v) is 1.90. The van der Waals surface area contributed by atoms with Gasteiger partial charge in [-0.3, -0.25) is 4.79 Å². The highest BCUT2D eigenvalue weighted by Crippen LogP contribution is 2.30. The van der Waals surface area contributed by atoms with Crippen LogP contribution in [0.15, 0.2) is 24.3 Å². The molecule has 0 fully saturated rings. The number of rotatable bonds is 6. The molecule has 0 aliphatic carbocycles. The fraction of sp³-hybridized carbons (Fsp3) is 0.429. The summed E-state index contributed by atoms with van der Waals surface area (Å²) in [7, 11) is 0. The zero-order valence-corrected chi connectivity index (χ0v) is 12.4. The molecule has 1 N–H and O–H groups in total. The van der Waals surface area contributed by atoms with Gasteiger partial charge in [0.05, 0.1) is 12.6 Å². The van der Waals surface area contributed by atoms with Crippen molar-refractivity contribution in [2.45, 2.75) is 32.2 Å². The second kappa shape index (κ2) is 7.36. The summed E-state index contributed by atoms with van der Waals surface area (Å²) in [6, 6.07) is 5.07. The third-order valence-electron chi connectivity index (χ3n) is 2.68. The van der Waals surface area contributed by atoms with E-state index in [1.54, 1.807) is 0 Å². The summed E-state index contributed by atoms with van der Waals surface area (Å²) in [6.45, 7) is 2.52. The van der Waals surface area contributed by atoms with Crippen molar-refractivity contribution in [3.63, 3.8) is 0 Å². The van der Waals surface area contributed by atoms with Crippen LogP contribution in [0.3, 0.4) is 0 Å². The smallest absolute Gasteiger partial charge is 0.377 e. The highest BCUT2D eigenvalue weighted by molar-refractivity contribution is 6.30. The summed E-state index contributed by atoms with van der Waals surface area (Å²) < 4.78 is 32.0. The molecule has 0 bridgehead atoms. The molecule has 1 atom stereocenters. The van der Waals surface area contributed by atoms with Crippen molar-refractivity contribution in [3.8, 4) is 0 Å². The molecule has 0 heterocycles. The molecule has 0 saturated carbocycles. The molecule has 7 heteroatoms. The van der Waals surface area contributed by atoms with Crippen molar-refractivity contribution < 1.29 is 23.1 Å². The first kappa shape index (κ1) is 17.4. The van der Waals surface area contributed by atoms with Crippen molar-refractivity contribution in [1.29, 1.82) is 0 Å². The van der Waals surface area contributed by atoms with Gasteiger partial charge in [0.15, 0.2) is 0 Å². The largest absolute Gasteiger partial charge is 0.462 e. The van der Waals surface area contributed by atoms with E-state index in [1.807, 2.05) is 0 Å². The van der Waals surface area contributed by atoms with Gasteiger partial charge in [-0.2, -0.15) is 8.78 Å². The Morgan fingerprint density at radius 3 is 2.38 bits per heavy atom. The van der Waals surface area contributed by atoms with Gasteiger partial charge in [-0.25, -0.2) is 4.79 Å². The second-order valence-electron chi connectivity index (χ2n) is 4.43. The van der Waals surface area contributed by atoms with E-state index >= 15 is 0 Å². The number of alkyl halides is 2. The maximum Gasteiger partial charge on any atom is 0.377 e. The van der Waals surface area contributed by atoms with E-state index in [1.165, 1.54) is 38.1 Å². The summed E-state index contributed by atoms with van der Waals surface area (Å²) in [4.78, 5) is 22.4. The number of nitrogens with one attached hydrogen (secondary N) is 1. The monoisotopic (exact) mass is 319 g/mol. The predicted molar refractivity (Wildman–Crippen MR) is 74.2 cm³/mol. The normalized spacial score (nSPS) is 12.6. The molecule has 116 valence electrons. The molecule has 21 heavy (non-hydrogen) atoms. The molecule has 0 aliphatic rings. The van der Waals surface area contributed by atoms with Crippen LogP contribution in [0, 0.1) is 0 Å². The Bertz CT molecular complexity index is 505. The fourth-order valence-electron chi connectivity index (χ4n) is 1.77. The van der Waals surface area contributed by atoms with Gasteiger partial charge < -0.3 is 10.1 Å². The summed E-state index contributed by atoms with van der Waals surface area (Å²) in [6.07, 6.45) is -0.882. The molecule has 4 nitrogen and oxygen atoms in total. The first-order chi connectivity index (χ1) is 9.76. The number of hydrogen-bond acceptors (Lipinski definition) is 3. The molecule has 0 spiro atoms. The van der Waals surface area contributed by atoms with Crippen LogP contribution >= 0.6 is 11.6 Å².